The summed E-state index contributed by atoms with van der Waals surface area (Å²) in [6.45, 7) is 0. The van der Waals surface area contributed by atoms with Crippen molar-refractivity contribution in [3.05, 3.63) is 48.5 Å². The lowest BCUT2D eigenvalue weighted by Gasteiger charge is -1.88. The summed E-state index contributed by atoms with van der Waals surface area (Å²) in [6.07, 6.45) is 0. The van der Waals surface area contributed by atoms with Gasteiger partial charge in [-0.3, -0.25) is 0 Å². The lowest BCUT2D eigenvalue weighted by atomic mass is 10.2. The van der Waals surface area contributed by atoms with E-state index in [1.807, 2.05) is 11.3 Å². The molecule has 1 aromatic heterocycles. The number of fused-ring (bicyclic) bond motifs is 3. The predicted molar refractivity (Wildman–Crippen MR) is 69.7 cm³/mol. The molecule has 0 fully saturated rings. The Labute approximate surface area is 94.0 Å². The van der Waals surface area contributed by atoms with Crippen molar-refractivity contribution in [2.24, 2.45) is 0 Å². The van der Waals surface area contributed by atoms with Crippen LogP contribution >= 0.6 is 20.5 Å². The van der Waals surface area contributed by atoms with Crippen molar-refractivity contribution >= 4 is 40.6 Å². The highest BCUT2D eigenvalue weighted by Crippen LogP contribution is 2.32. The summed E-state index contributed by atoms with van der Waals surface area (Å²) in [5.41, 5.74) is 0. The smallest absolute Gasteiger partial charge is 0.135 e. The molecule has 74 valence electrons. The first-order chi connectivity index (χ1) is 7.45. The van der Waals surface area contributed by atoms with Crippen LogP contribution in [-0.2, 0) is 4.57 Å². The molecule has 3 aromatic rings. The van der Waals surface area contributed by atoms with Crippen molar-refractivity contribution in [2.45, 2.75) is 0 Å². The number of hydrogen-bond acceptors (Lipinski definition) is 2. The molecule has 0 saturated heterocycles. The minimum absolute atomic E-state index is 1.17. The third kappa shape index (κ3) is 1.79. The molecule has 0 bridgehead atoms. The molecule has 0 N–H and O–H groups in total. The molecular weight excluding hydrogens is 223 g/mol. The summed E-state index contributed by atoms with van der Waals surface area (Å²) in [4.78, 5) is 0. The highest BCUT2D eigenvalue weighted by atomic mass is 32.1. The Morgan fingerprint density at radius 2 is 1.13 bits per heavy atom. The molecule has 0 aliphatic rings. The second-order valence-electron chi connectivity index (χ2n) is 3.09. The van der Waals surface area contributed by atoms with E-state index in [0.29, 0.717) is 0 Å². The molecule has 0 aliphatic heterocycles. The second kappa shape index (κ2) is 4.52. The molecule has 15 heavy (non-hydrogen) atoms. The van der Waals surface area contributed by atoms with Crippen molar-refractivity contribution in [1.29, 1.82) is 0 Å². The average Bonchev–Trinajstić information content (AvgIpc) is 2.70. The Morgan fingerprint density at radius 3 is 1.60 bits per heavy atom. The van der Waals surface area contributed by atoms with Crippen LogP contribution in [-0.4, -0.2) is 0 Å². The predicted octanol–water partition coefficient (Wildman–Crippen LogP) is 4.26. The van der Waals surface area contributed by atoms with Crippen molar-refractivity contribution in [2.75, 3.05) is 0 Å². The third-order valence-electron chi connectivity index (χ3n) is 2.28. The van der Waals surface area contributed by atoms with Gasteiger partial charge in [0.05, 0.1) is 0 Å². The van der Waals surface area contributed by atoms with Crippen LogP contribution in [0.25, 0.3) is 20.2 Å². The van der Waals surface area contributed by atoms with Crippen molar-refractivity contribution < 1.29 is 4.57 Å². The maximum absolute atomic E-state index is 8.17. The monoisotopic (exact) mass is 233 g/mol. The Morgan fingerprint density at radius 1 is 0.733 bits per heavy atom. The number of benzene rings is 2. The fourth-order valence-corrected chi connectivity index (χ4v) is 2.78. The van der Waals surface area contributed by atoms with Gasteiger partial charge in [0.25, 0.3) is 0 Å². The molecule has 0 saturated carbocycles. The number of hydrogen-bond donors (Lipinski definition) is 0. The standard InChI is InChI=1S/C12H8S.H2OP/c1-3-7-11-9(5-1)10-6-2-4-8-12(10)13-11;1-2/h1-8H;2H2/q;+1. The third-order valence-corrected chi connectivity index (χ3v) is 3.44. The quantitative estimate of drug-likeness (QED) is 0.530. The second-order valence-corrected chi connectivity index (χ2v) is 4.18. The Hall–Kier alpha value is -1.24. The summed E-state index contributed by atoms with van der Waals surface area (Å²) in [5.74, 6) is 0. The first-order valence-electron chi connectivity index (χ1n) is 4.55. The zero-order chi connectivity index (χ0) is 10.7. The van der Waals surface area contributed by atoms with Crippen molar-refractivity contribution in [3.63, 3.8) is 0 Å². The van der Waals surface area contributed by atoms with E-state index in [2.05, 4.69) is 48.5 Å². The van der Waals surface area contributed by atoms with Crippen LogP contribution < -0.4 is 0 Å². The minimum Gasteiger partial charge on any atom is -0.135 e. The molecule has 1 nitrogen and oxygen atoms in total. The van der Waals surface area contributed by atoms with Gasteiger partial charge in [0, 0.05) is 20.2 Å². The van der Waals surface area contributed by atoms with E-state index in [1.54, 1.807) is 0 Å². The van der Waals surface area contributed by atoms with E-state index in [4.69, 9.17) is 4.57 Å². The molecule has 0 aliphatic carbocycles. The van der Waals surface area contributed by atoms with Gasteiger partial charge < -0.3 is 0 Å². The van der Waals surface area contributed by atoms with Crippen LogP contribution in [0.15, 0.2) is 48.5 Å². The Kier molecular flexibility index (Phi) is 3.10. The summed E-state index contributed by atoms with van der Waals surface area (Å²) in [6, 6.07) is 17.1. The first kappa shape index (κ1) is 10.3. The fourth-order valence-electron chi connectivity index (χ4n) is 1.67. The first-order valence-corrected chi connectivity index (χ1v) is 5.84. The van der Waals surface area contributed by atoms with E-state index in [1.165, 1.54) is 29.3 Å². The Bertz CT molecular complexity index is 538. The van der Waals surface area contributed by atoms with E-state index in [-0.39, 0.29) is 0 Å². The van der Waals surface area contributed by atoms with Crippen LogP contribution in [0.1, 0.15) is 0 Å². The Balaban J connectivity index is 0.000000404. The molecule has 3 rings (SSSR count). The van der Waals surface area contributed by atoms with E-state index < -0.39 is 0 Å². The van der Waals surface area contributed by atoms with E-state index in [0.717, 1.165) is 0 Å². The van der Waals surface area contributed by atoms with E-state index in [9.17, 15) is 0 Å². The molecule has 0 radical (unpaired) electrons. The fraction of sp³-hybridized carbons (Fsp3) is 0. The SMILES string of the molecule is O=[PH2+].c1ccc2c(c1)sc1ccccc12. The minimum atomic E-state index is 1.17. The maximum Gasteiger partial charge on any atom is 0.310 e. The highest BCUT2D eigenvalue weighted by Gasteiger charge is 2.01. The molecule has 1 heterocycles. The summed E-state index contributed by atoms with van der Waals surface area (Å²) in [5, 5.41) is 2.76. The van der Waals surface area contributed by atoms with Gasteiger partial charge >= 0.3 is 9.12 Å². The molecular formula is C12H10OPS+. The summed E-state index contributed by atoms with van der Waals surface area (Å²) >= 11 is 1.86. The maximum atomic E-state index is 8.17. The van der Waals surface area contributed by atoms with Gasteiger partial charge in [-0.05, 0) is 12.1 Å². The van der Waals surface area contributed by atoms with Gasteiger partial charge in [0.15, 0.2) is 0 Å². The van der Waals surface area contributed by atoms with Crippen LogP contribution in [0.4, 0.5) is 0 Å². The number of thiophene rings is 1. The van der Waals surface area contributed by atoms with Crippen molar-refractivity contribution in [3.8, 4) is 0 Å². The van der Waals surface area contributed by atoms with Gasteiger partial charge in [-0.2, -0.15) is 0 Å². The largest absolute Gasteiger partial charge is 0.310 e. The van der Waals surface area contributed by atoms with Crippen LogP contribution in [0, 0.1) is 0 Å². The van der Waals surface area contributed by atoms with Gasteiger partial charge in [-0.15, -0.1) is 11.3 Å². The van der Waals surface area contributed by atoms with Crippen LogP contribution in [0.5, 0.6) is 0 Å². The molecule has 0 amide bonds. The number of rotatable bonds is 0. The molecule has 1 unspecified atom stereocenters. The zero-order valence-electron chi connectivity index (χ0n) is 8.01. The lowest BCUT2D eigenvalue weighted by molar-refractivity contribution is 0.607. The van der Waals surface area contributed by atoms with Gasteiger partial charge in [-0.1, -0.05) is 41.0 Å². The van der Waals surface area contributed by atoms with Crippen molar-refractivity contribution in [1.82, 2.24) is 0 Å². The van der Waals surface area contributed by atoms with Gasteiger partial charge in [-0.25, -0.2) is 0 Å². The van der Waals surface area contributed by atoms with Gasteiger partial charge in [0.2, 0.25) is 0 Å². The van der Waals surface area contributed by atoms with Gasteiger partial charge in [0.1, 0.15) is 0 Å². The molecule has 2 aromatic carbocycles. The van der Waals surface area contributed by atoms with Crippen LogP contribution in [0.3, 0.4) is 0 Å². The normalized spacial score (nSPS) is 9.87. The highest BCUT2D eigenvalue weighted by molar-refractivity contribution is 7.25. The zero-order valence-corrected chi connectivity index (χ0v) is 9.98. The lowest BCUT2D eigenvalue weighted by Crippen LogP contribution is -1.62. The average molecular weight is 233 g/mol. The molecule has 3 heteroatoms. The molecule has 0 spiro atoms. The topological polar surface area (TPSA) is 17.1 Å². The summed E-state index contributed by atoms with van der Waals surface area (Å²) in [7, 11) is 1.17. The summed E-state index contributed by atoms with van der Waals surface area (Å²) < 4.78 is 10.9. The van der Waals surface area contributed by atoms with Crippen LogP contribution in [0.2, 0.25) is 0 Å². The molecule has 1 atom stereocenters. The van der Waals surface area contributed by atoms with E-state index >= 15 is 0 Å².